The number of piperidine rings is 1. The van der Waals surface area contributed by atoms with Crippen LogP contribution in [-0.4, -0.2) is 35.0 Å². The van der Waals surface area contributed by atoms with Gasteiger partial charge in [-0.3, -0.25) is 9.59 Å². The third-order valence-corrected chi connectivity index (χ3v) is 3.53. The lowest BCUT2D eigenvalue weighted by molar-refractivity contribution is -0.146. The second kappa shape index (κ2) is 5.91. The summed E-state index contributed by atoms with van der Waals surface area (Å²) in [5, 5.41) is 9.08. The standard InChI is InChI=1S/C14H19NO4/c1-10-7-11(14(17)18)9-15(8-10)13(16)5-4-12-3-2-6-19-12/h2-3,6,10-11H,4-5,7-9H2,1H3,(H,17,18). The molecule has 0 aliphatic carbocycles. The molecular weight excluding hydrogens is 246 g/mol. The molecule has 2 unspecified atom stereocenters. The molecule has 0 radical (unpaired) electrons. The van der Waals surface area contributed by atoms with E-state index >= 15 is 0 Å². The van der Waals surface area contributed by atoms with Crippen LogP contribution in [0.2, 0.25) is 0 Å². The van der Waals surface area contributed by atoms with E-state index < -0.39 is 11.9 Å². The molecule has 1 saturated heterocycles. The van der Waals surface area contributed by atoms with Crippen molar-refractivity contribution in [3.63, 3.8) is 0 Å². The van der Waals surface area contributed by atoms with Crippen molar-refractivity contribution in [1.29, 1.82) is 0 Å². The van der Waals surface area contributed by atoms with Crippen molar-refractivity contribution >= 4 is 11.9 Å². The van der Waals surface area contributed by atoms with Crippen molar-refractivity contribution in [2.45, 2.75) is 26.2 Å². The van der Waals surface area contributed by atoms with Gasteiger partial charge in [0.15, 0.2) is 0 Å². The van der Waals surface area contributed by atoms with Gasteiger partial charge in [-0.15, -0.1) is 0 Å². The Labute approximate surface area is 112 Å². The van der Waals surface area contributed by atoms with Gasteiger partial charge in [-0.05, 0) is 24.5 Å². The minimum absolute atomic E-state index is 0.00852. The summed E-state index contributed by atoms with van der Waals surface area (Å²) in [6, 6.07) is 3.63. The molecule has 1 aromatic heterocycles. The highest BCUT2D eigenvalue weighted by atomic mass is 16.4. The Balaban J connectivity index is 1.89. The zero-order valence-corrected chi connectivity index (χ0v) is 11.0. The fraction of sp³-hybridized carbons (Fsp3) is 0.571. The molecule has 0 bridgehead atoms. The SMILES string of the molecule is CC1CC(C(=O)O)CN(C(=O)CCc2ccco2)C1. The first-order valence-corrected chi connectivity index (χ1v) is 6.59. The van der Waals surface area contributed by atoms with Gasteiger partial charge < -0.3 is 14.4 Å². The minimum Gasteiger partial charge on any atom is -0.481 e. The largest absolute Gasteiger partial charge is 0.481 e. The van der Waals surface area contributed by atoms with Gasteiger partial charge in [0.25, 0.3) is 0 Å². The summed E-state index contributed by atoms with van der Waals surface area (Å²) < 4.78 is 5.19. The lowest BCUT2D eigenvalue weighted by Crippen LogP contribution is -2.45. The number of furan rings is 1. The van der Waals surface area contributed by atoms with Crippen LogP contribution in [0.1, 0.15) is 25.5 Å². The van der Waals surface area contributed by atoms with E-state index in [4.69, 9.17) is 9.52 Å². The number of carboxylic acids is 1. The molecule has 104 valence electrons. The molecule has 5 heteroatoms. The lowest BCUT2D eigenvalue weighted by atomic mass is 9.90. The summed E-state index contributed by atoms with van der Waals surface area (Å²) in [6.45, 7) is 2.97. The molecule has 0 aromatic carbocycles. The fourth-order valence-electron chi connectivity index (χ4n) is 2.58. The van der Waals surface area contributed by atoms with Gasteiger partial charge in [0.05, 0.1) is 12.2 Å². The summed E-state index contributed by atoms with van der Waals surface area (Å²) in [7, 11) is 0. The highest BCUT2D eigenvalue weighted by Gasteiger charge is 2.31. The van der Waals surface area contributed by atoms with Crippen molar-refractivity contribution in [2.75, 3.05) is 13.1 Å². The maximum absolute atomic E-state index is 12.1. The molecule has 1 amide bonds. The van der Waals surface area contributed by atoms with Crippen LogP contribution in [0.25, 0.3) is 0 Å². The lowest BCUT2D eigenvalue weighted by Gasteiger charge is -2.34. The number of hydrogen-bond donors (Lipinski definition) is 1. The van der Waals surface area contributed by atoms with Gasteiger partial charge in [-0.2, -0.15) is 0 Å². The predicted octanol–water partition coefficient (Wildman–Crippen LogP) is 1.78. The second-order valence-corrected chi connectivity index (χ2v) is 5.25. The first-order chi connectivity index (χ1) is 9.06. The normalized spacial score (nSPS) is 23.3. The average Bonchev–Trinajstić information content (AvgIpc) is 2.88. The molecule has 1 aromatic rings. The van der Waals surface area contributed by atoms with Crippen LogP contribution in [0.3, 0.4) is 0 Å². The quantitative estimate of drug-likeness (QED) is 0.900. The topological polar surface area (TPSA) is 70.8 Å². The third-order valence-electron chi connectivity index (χ3n) is 3.53. The van der Waals surface area contributed by atoms with Gasteiger partial charge in [-0.1, -0.05) is 6.92 Å². The number of aryl methyl sites for hydroxylation is 1. The van der Waals surface area contributed by atoms with E-state index in [9.17, 15) is 9.59 Å². The summed E-state index contributed by atoms with van der Waals surface area (Å²) in [5.41, 5.74) is 0. The molecule has 2 heterocycles. The van der Waals surface area contributed by atoms with Crippen molar-refractivity contribution in [3.05, 3.63) is 24.2 Å². The number of likely N-dealkylation sites (tertiary alicyclic amines) is 1. The van der Waals surface area contributed by atoms with Crippen LogP contribution < -0.4 is 0 Å². The molecule has 1 aliphatic heterocycles. The minimum atomic E-state index is -0.810. The number of aliphatic carboxylic acids is 1. The Kier molecular flexibility index (Phi) is 4.24. The number of carbonyl (C=O) groups excluding carboxylic acids is 1. The van der Waals surface area contributed by atoms with Crippen molar-refractivity contribution < 1.29 is 19.1 Å². The van der Waals surface area contributed by atoms with E-state index in [1.54, 1.807) is 17.2 Å². The number of amides is 1. The molecule has 2 atom stereocenters. The van der Waals surface area contributed by atoms with Crippen LogP contribution >= 0.6 is 0 Å². The van der Waals surface area contributed by atoms with Gasteiger partial charge >= 0.3 is 5.97 Å². The number of nitrogens with zero attached hydrogens (tertiary/aromatic N) is 1. The van der Waals surface area contributed by atoms with Crippen LogP contribution in [-0.2, 0) is 16.0 Å². The Hall–Kier alpha value is -1.78. The molecule has 1 N–H and O–H groups in total. The average molecular weight is 265 g/mol. The summed E-state index contributed by atoms with van der Waals surface area (Å²) in [5.74, 6) is -0.212. The molecule has 0 saturated carbocycles. The molecule has 5 nitrogen and oxygen atoms in total. The highest BCUT2D eigenvalue weighted by Crippen LogP contribution is 2.22. The van der Waals surface area contributed by atoms with E-state index in [1.165, 1.54) is 0 Å². The zero-order valence-electron chi connectivity index (χ0n) is 11.0. The van der Waals surface area contributed by atoms with Crippen LogP contribution in [0.15, 0.2) is 22.8 Å². The maximum Gasteiger partial charge on any atom is 0.308 e. The number of hydrogen-bond acceptors (Lipinski definition) is 3. The first kappa shape index (κ1) is 13.6. The molecule has 1 aliphatic rings. The smallest absolute Gasteiger partial charge is 0.308 e. The Morgan fingerprint density at radius 2 is 2.26 bits per heavy atom. The second-order valence-electron chi connectivity index (χ2n) is 5.25. The van der Waals surface area contributed by atoms with E-state index in [1.807, 2.05) is 13.0 Å². The molecule has 1 fully saturated rings. The van der Waals surface area contributed by atoms with Gasteiger partial charge in [0.1, 0.15) is 5.76 Å². The monoisotopic (exact) mass is 265 g/mol. The van der Waals surface area contributed by atoms with E-state index in [2.05, 4.69) is 0 Å². The van der Waals surface area contributed by atoms with Gasteiger partial charge in [0.2, 0.25) is 5.91 Å². The maximum atomic E-state index is 12.1. The number of carbonyl (C=O) groups is 2. The third kappa shape index (κ3) is 3.59. The van der Waals surface area contributed by atoms with Gasteiger partial charge in [0, 0.05) is 25.9 Å². The zero-order chi connectivity index (χ0) is 13.8. The fourth-order valence-corrected chi connectivity index (χ4v) is 2.58. The summed E-state index contributed by atoms with van der Waals surface area (Å²) >= 11 is 0. The van der Waals surface area contributed by atoms with Crippen molar-refractivity contribution in [1.82, 2.24) is 4.90 Å². The Bertz CT molecular complexity index is 440. The molecule has 2 rings (SSSR count). The highest BCUT2D eigenvalue weighted by molar-refractivity contribution is 5.78. The van der Waals surface area contributed by atoms with Crippen molar-refractivity contribution in [2.24, 2.45) is 11.8 Å². The number of rotatable bonds is 4. The van der Waals surface area contributed by atoms with Crippen LogP contribution in [0.5, 0.6) is 0 Å². The van der Waals surface area contributed by atoms with Crippen LogP contribution in [0, 0.1) is 11.8 Å². The van der Waals surface area contributed by atoms with E-state index in [0.29, 0.717) is 32.4 Å². The number of carboxylic acid groups (broad SMARTS) is 1. The Morgan fingerprint density at radius 3 is 2.89 bits per heavy atom. The summed E-state index contributed by atoms with van der Waals surface area (Å²) in [4.78, 5) is 24.8. The molecule has 0 spiro atoms. The van der Waals surface area contributed by atoms with Crippen LogP contribution in [0.4, 0.5) is 0 Å². The summed E-state index contributed by atoms with van der Waals surface area (Å²) in [6.07, 6.45) is 3.17. The van der Waals surface area contributed by atoms with E-state index in [-0.39, 0.29) is 11.8 Å². The Morgan fingerprint density at radius 1 is 1.47 bits per heavy atom. The predicted molar refractivity (Wildman–Crippen MR) is 68.5 cm³/mol. The van der Waals surface area contributed by atoms with Gasteiger partial charge in [-0.25, -0.2) is 0 Å². The molecular formula is C14H19NO4. The van der Waals surface area contributed by atoms with Crippen molar-refractivity contribution in [3.8, 4) is 0 Å². The molecule has 19 heavy (non-hydrogen) atoms. The first-order valence-electron chi connectivity index (χ1n) is 6.59. The van der Waals surface area contributed by atoms with E-state index in [0.717, 1.165) is 5.76 Å².